The lowest BCUT2D eigenvalue weighted by Gasteiger charge is -2.21. The van der Waals surface area contributed by atoms with Crippen LogP contribution >= 0.6 is 0 Å². The molecule has 0 spiro atoms. The second-order valence-electron chi connectivity index (χ2n) is 4.95. The van der Waals surface area contributed by atoms with E-state index in [9.17, 15) is 9.59 Å². The van der Waals surface area contributed by atoms with Gasteiger partial charge in [-0.15, -0.1) is 0 Å². The van der Waals surface area contributed by atoms with Crippen LogP contribution in [0.5, 0.6) is 5.75 Å². The smallest absolute Gasteiger partial charge is 0.325 e. The largest absolute Gasteiger partial charge is 0.497 e. The standard InChI is InChI=1S/C14H14N2O4/c1-20-9-4-2-8(3-5-9)13-10-6-11(10)14(19)16(15-13)7-12(17)18/h2-5,10-11H,6-7H2,1H3,(H,17,18). The van der Waals surface area contributed by atoms with Gasteiger partial charge in [-0.1, -0.05) is 0 Å². The summed E-state index contributed by atoms with van der Waals surface area (Å²) in [5, 5.41) is 14.1. The van der Waals surface area contributed by atoms with E-state index in [0.717, 1.165) is 28.5 Å². The molecular weight excluding hydrogens is 260 g/mol. The lowest BCUT2D eigenvalue weighted by molar-refractivity contribution is -0.145. The minimum absolute atomic E-state index is 0.107. The van der Waals surface area contributed by atoms with Crippen LogP contribution < -0.4 is 4.74 Å². The first kappa shape index (κ1) is 12.7. The maximum atomic E-state index is 11.9. The molecule has 104 valence electrons. The van der Waals surface area contributed by atoms with Gasteiger partial charge in [-0.25, -0.2) is 5.01 Å². The van der Waals surface area contributed by atoms with Crippen LogP contribution in [0.25, 0.3) is 0 Å². The van der Waals surface area contributed by atoms with E-state index in [1.54, 1.807) is 7.11 Å². The van der Waals surface area contributed by atoms with Crippen LogP contribution in [0.3, 0.4) is 0 Å². The highest BCUT2D eigenvalue weighted by atomic mass is 16.5. The third kappa shape index (κ3) is 2.13. The van der Waals surface area contributed by atoms with Crippen LogP contribution in [0.2, 0.25) is 0 Å². The molecule has 6 nitrogen and oxygen atoms in total. The predicted octanol–water partition coefficient (Wildman–Crippen LogP) is 0.962. The van der Waals surface area contributed by atoms with Crippen LogP contribution in [0.1, 0.15) is 12.0 Å². The monoisotopic (exact) mass is 274 g/mol. The number of hydrogen-bond donors (Lipinski definition) is 1. The van der Waals surface area contributed by atoms with Gasteiger partial charge in [-0.2, -0.15) is 5.10 Å². The number of carboxylic acid groups (broad SMARTS) is 1. The summed E-state index contributed by atoms with van der Waals surface area (Å²) >= 11 is 0. The molecule has 20 heavy (non-hydrogen) atoms. The molecule has 1 amide bonds. The predicted molar refractivity (Wildman–Crippen MR) is 70.5 cm³/mol. The number of hydrogen-bond acceptors (Lipinski definition) is 4. The number of carbonyl (C=O) groups is 2. The van der Waals surface area contributed by atoms with Crippen LogP contribution in [0.15, 0.2) is 29.4 Å². The molecule has 0 bridgehead atoms. The zero-order chi connectivity index (χ0) is 14.3. The molecule has 2 atom stereocenters. The zero-order valence-electron chi connectivity index (χ0n) is 10.9. The van der Waals surface area contributed by atoms with Gasteiger partial charge < -0.3 is 9.84 Å². The molecule has 1 saturated carbocycles. The fraction of sp³-hybridized carbons (Fsp3) is 0.357. The maximum Gasteiger partial charge on any atom is 0.325 e. The normalized spacial score (nSPS) is 23.9. The first-order valence-electron chi connectivity index (χ1n) is 6.36. The van der Waals surface area contributed by atoms with Crippen molar-refractivity contribution in [2.75, 3.05) is 13.7 Å². The highest BCUT2D eigenvalue weighted by molar-refractivity contribution is 6.09. The molecule has 1 aliphatic heterocycles. The van der Waals surface area contributed by atoms with Gasteiger partial charge in [0.2, 0.25) is 5.91 Å². The highest BCUT2D eigenvalue weighted by Crippen LogP contribution is 2.45. The number of hydrazone groups is 1. The van der Waals surface area contributed by atoms with E-state index in [0.29, 0.717) is 0 Å². The Morgan fingerprint density at radius 3 is 2.70 bits per heavy atom. The van der Waals surface area contributed by atoms with Gasteiger partial charge in [-0.3, -0.25) is 9.59 Å². The molecule has 1 heterocycles. The van der Waals surface area contributed by atoms with E-state index in [2.05, 4.69) is 5.10 Å². The molecule has 1 aromatic carbocycles. The molecule has 1 aromatic rings. The number of aliphatic carboxylic acids is 1. The average Bonchev–Trinajstić information content (AvgIpc) is 3.22. The lowest BCUT2D eigenvalue weighted by atomic mass is 10.0. The summed E-state index contributed by atoms with van der Waals surface area (Å²) in [6.07, 6.45) is 0.750. The van der Waals surface area contributed by atoms with Gasteiger partial charge in [-0.05, 0) is 36.2 Å². The molecular formula is C14H14N2O4. The number of methoxy groups -OCH3 is 1. The average molecular weight is 274 g/mol. The van der Waals surface area contributed by atoms with Crippen molar-refractivity contribution in [3.8, 4) is 5.75 Å². The third-order valence-electron chi connectivity index (χ3n) is 3.61. The number of carboxylic acids is 1. The molecule has 1 aliphatic carbocycles. The number of fused-ring (bicyclic) bond motifs is 1. The van der Waals surface area contributed by atoms with E-state index in [1.165, 1.54) is 0 Å². The summed E-state index contributed by atoms with van der Waals surface area (Å²) < 4.78 is 5.10. The van der Waals surface area contributed by atoms with E-state index in [4.69, 9.17) is 9.84 Å². The van der Waals surface area contributed by atoms with Crippen LogP contribution in [0, 0.1) is 11.8 Å². The number of nitrogens with zero attached hydrogens (tertiary/aromatic N) is 2. The molecule has 0 radical (unpaired) electrons. The van der Waals surface area contributed by atoms with Crippen LogP contribution in [0.4, 0.5) is 0 Å². The first-order chi connectivity index (χ1) is 9.60. The Bertz CT molecular complexity index is 594. The van der Waals surface area contributed by atoms with E-state index >= 15 is 0 Å². The van der Waals surface area contributed by atoms with Crippen molar-refractivity contribution in [1.29, 1.82) is 0 Å². The molecule has 0 saturated heterocycles. The Morgan fingerprint density at radius 2 is 2.10 bits per heavy atom. The second kappa shape index (κ2) is 4.63. The summed E-state index contributed by atoms with van der Waals surface area (Å²) in [7, 11) is 1.59. The number of ether oxygens (including phenoxy) is 1. The molecule has 6 heteroatoms. The minimum Gasteiger partial charge on any atom is -0.497 e. The molecule has 2 aliphatic rings. The number of amides is 1. The topological polar surface area (TPSA) is 79.2 Å². The number of carbonyl (C=O) groups excluding carboxylic acids is 1. The van der Waals surface area contributed by atoms with Gasteiger partial charge >= 0.3 is 5.97 Å². The van der Waals surface area contributed by atoms with Crippen molar-refractivity contribution in [3.05, 3.63) is 29.8 Å². The highest BCUT2D eigenvalue weighted by Gasteiger charge is 2.52. The summed E-state index contributed by atoms with van der Waals surface area (Å²) in [5.74, 6) is -0.481. The van der Waals surface area contributed by atoms with Gasteiger partial charge in [0.25, 0.3) is 0 Å². The fourth-order valence-corrected chi connectivity index (χ4v) is 2.49. The summed E-state index contributed by atoms with van der Waals surface area (Å²) in [4.78, 5) is 22.7. The van der Waals surface area contributed by atoms with Gasteiger partial charge in [0.05, 0.1) is 12.8 Å². The first-order valence-corrected chi connectivity index (χ1v) is 6.36. The van der Waals surface area contributed by atoms with Crippen molar-refractivity contribution < 1.29 is 19.4 Å². The lowest BCUT2D eigenvalue weighted by Crippen LogP contribution is -2.37. The SMILES string of the molecule is COc1ccc(C2=NN(CC(=O)O)C(=O)C3CC23)cc1. The van der Waals surface area contributed by atoms with Gasteiger partial charge in [0.1, 0.15) is 12.3 Å². The van der Waals surface area contributed by atoms with Crippen molar-refractivity contribution in [1.82, 2.24) is 5.01 Å². The molecule has 3 rings (SSSR count). The Hall–Kier alpha value is -2.37. The van der Waals surface area contributed by atoms with Crippen molar-refractivity contribution in [2.45, 2.75) is 6.42 Å². The van der Waals surface area contributed by atoms with E-state index in [-0.39, 0.29) is 24.3 Å². The van der Waals surface area contributed by atoms with Crippen LogP contribution in [-0.4, -0.2) is 41.4 Å². The molecule has 0 aromatic heterocycles. The van der Waals surface area contributed by atoms with Crippen LogP contribution in [-0.2, 0) is 9.59 Å². The molecule has 2 unspecified atom stereocenters. The number of benzene rings is 1. The summed E-state index contributed by atoms with van der Waals surface area (Å²) in [6.45, 7) is -0.387. The Morgan fingerprint density at radius 1 is 1.40 bits per heavy atom. The zero-order valence-corrected chi connectivity index (χ0v) is 10.9. The summed E-state index contributed by atoms with van der Waals surface area (Å²) in [6, 6.07) is 7.41. The maximum absolute atomic E-state index is 11.9. The molecule has 1 fully saturated rings. The van der Waals surface area contributed by atoms with Gasteiger partial charge in [0.15, 0.2) is 0 Å². The fourth-order valence-electron chi connectivity index (χ4n) is 2.49. The summed E-state index contributed by atoms with van der Waals surface area (Å²) in [5.41, 5.74) is 1.69. The second-order valence-corrected chi connectivity index (χ2v) is 4.95. The Kier molecular flexibility index (Phi) is 2.93. The van der Waals surface area contributed by atoms with Crippen molar-refractivity contribution in [3.63, 3.8) is 0 Å². The minimum atomic E-state index is -1.06. The van der Waals surface area contributed by atoms with E-state index in [1.807, 2.05) is 24.3 Å². The quantitative estimate of drug-likeness (QED) is 0.887. The Labute approximate surface area is 115 Å². The molecule has 1 N–H and O–H groups in total. The Balaban J connectivity index is 1.90. The number of rotatable bonds is 4. The van der Waals surface area contributed by atoms with Gasteiger partial charge in [0, 0.05) is 11.8 Å². The van der Waals surface area contributed by atoms with E-state index < -0.39 is 5.97 Å². The van der Waals surface area contributed by atoms with Crippen molar-refractivity contribution >= 4 is 17.6 Å². The van der Waals surface area contributed by atoms with Crippen molar-refractivity contribution in [2.24, 2.45) is 16.9 Å². The third-order valence-corrected chi connectivity index (χ3v) is 3.61.